The minimum Gasteiger partial charge on any atom is -0.387 e. The molecule has 3 N–H and O–H groups in total. The number of rotatable bonds is 3. The van der Waals surface area contributed by atoms with Crippen molar-refractivity contribution in [2.75, 3.05) is 19.6 Å². The van der Waals surface area contributed by atoms with E-state index in [0.29, 0.717) is 24.0 Å². The van der Waals surface area contributed by atoms with Gasteiger partial charge in [0.15, 0.2) is 5.65 Å². The lowest BCUT2D eigenvalue weighted by atomic mass is 10.0. The summed E-state index contributed by atoms with van der Waals surface area (Å²) in [6.07, 6.45) is 3.83. The van der Waals surface area contributed by atoms with Crippen molar-refractivity contribution in [2.24, 2.45) is 7.05 Å². The third-order valence-electron chi connectivity index (χ3n) is 3.61. The Kier molecular flexibility index (Phi) is 3.15. The van der Waals surface area contributed by atoms with Crippen LogP contribution in [0.4, 0.5) is 0 Å². The van der Waals surface area contributed by atoms with Crippen LogP contribution in [-0.4, -0.2) is 50.8 Å². The largest absolute Gasteiger partial charge is 0.387 e. The zero-order valence-electron chi connectivity index (χ0n) is 11.3. The monoisotopic (exact) mass is 275 g/mol. The number of pyridine rings is 1. The van der Waals surface area contributed by atoms with Gasteiger partial charge in [0.1, 0.15) is 5.52 Å². The first-order valence-corrected chi connectivity index (χ1v) is 6.56. The second kappa shape index (κ2) is 4.84. The lowest BCUT2D eigenvalue weighted by molar-refractivity contribution is 0.0562. The van der Waals surface area contributed by atoms with Crippen molar-refractivity contribution in [3.63, 3.8) is 0 Å². The number of hydrogen-bond acceptors (Lipinski definition) is 5. The standard InChI is InChI=1S/C13H17N5O2/c1-18-8-17-10-4-9(5-15-11(10)18)12(19)16-7-13(20)2-3-14-6-13/h4-5,8,14,20H,2-3,6-7H2,1H3,(H,16,19). The molecular weight excluding hydrogens is 258 g/mol. The van der Waals surface area contributed by atoms with Crippen molar-refractivity contribution in [3.05, 3.63) is 24.2 Å². The Labute approximate surface area is 116 Å². The minimum atomic E-state index is -0.849. The summed E-state index contributed by atoms with van der Waals surface area (Å²) in [7, 11) is 1.85. The summed E-state index contributed by atoms with van der Waals surface area (Å²) in [6.45, 7) is 1.51. The Balaban J connectivity index is 1.72. The van der Waals surface area contributed by atoms with Crippen molar-refractivity contribution < 1.29 is 9.90 Å². The number of aromatic nitrogens is 3. The summed E-state index contributed by atoms with van der Waals surface area (Å²) < 4.78 is 1.80. The van der Waals surface area contributed by atoms with Gasteiger partial charge in [0.2, 0.25) is 0 Å². The van der Waals surface area contributed by atoms with Crippen molar-refractivity contribution in [3.8, 4) is 0 Å². The molecule has 1 amide bonds. The van der Waals surface area contributed by atoms with Gasteiger partial charge in [-0.3, -0.25) is 4.79 Å². The number of aliphatic hydroxyl groups is 1. The third-order valence-corrected chi connectivity index (χ3v) is 3.61. The first-order valence-electron chi connectivity index (χ1n) is 6.56. The fraction of sp³-hybridized carbons (Fsp3) is 0.462. The van der Waals surface area contributed by atoms with Gasteiger partial charge in [-0.15, -0.1) is 0 Å². The van der Waals surface area contributed by atoms with Crippen LogP contribution in [0.2, 0.25) is 0 Å². The van der Waals surface area contributed by atoms with Crippen LogP contribution in [0.15, 0.2) is 18.6 Å². The first-order chi connectivity index (χ1) is 9.57. The Bertz CT molecular complexity index is 645. The number of imidazole rings is 1. The Morgan fingerprint density at radius 2 is 2.45 bits per heavy atom. The molecule has 20 heavy (non-hydrogen) atoms. The molecule has 0 bridgehead atoms. The predicted octanol–water partition coefficient (Wildman–Crippen LogP) is -0.577. The van der Waals surface area contributed by atoms with Crippen LogP contribution in [0, 0.1) is 0 Å². The second-order valence-corrected chi connectivity index (χ2v) is 5.26. The molecule has 7 nitrogen and oxygen atoms in total. The highest BCUT2D eigenvalue weighted by atomic mass is 16.3. The molecule has 1 atom stereocenters. The van der Waals surface area contributed by atoms with Gasteiger partial charge < -0.3 is 20.3 Å². The highest BCUT2D eigenvalue weighted by Gasteiger charge is 2.31. The predicted molar refractivity (Wildman–Crippen MR) is 73.3 cm³/mol. The van der Waals surface area contributed by atoms with Gasteiger partial charge in [-0.2, -0.15) is 0 Å². The van der Waals surface area contributed by atoms with Gasteiger partial charge in [0, 0.05) is 26.3 Å². The van der Waals surface area contributed by atoms with E-state index >= 15 is 0 Å². The maximum atomic E-state index is 12.1. The number of amides is 1. The zero-order chi connectivity index (χ0) is 14.2. The number of hydrogen-bond donors (Lipinski definition) is 3. The molecule has 2 aromatic heterocycles. The van der Waals surface area contributed by atoms with Crippen molar-refractivity contribution in [2.45, 2.75) is 12.0 Å². The van der Waals surface area contributed by atoms with Gasteiger partial charge in [0.25, 0.3) is 5.91 Å². The Morgan fingerprint density at radius 1 is 1.60 bits per heavy atom. The number of fused-ring (bicyclic) bond motifs is 1. The van der Waals surface area contributed by atoms with Gasteiger partial charge in [-0.1, -0.05) is 0 Å². The summed E-state index contributed by atoms with van der Waals surface area (Å²) >= 11 is 0. The fourth-order valence-corrected chi connectivity index (χ4v) is 2.37. The molecule has 1 fully saturated rings. The highest BCUT2D eigenvalue weighted by molar-refractivity contribution is 5.96. The number of nitrogens with one attached hydrogen (secondary N) is 2. The molecule has 0 radical (unpaired) electrons. The van der Waals surface area contributed by atoms with E-state index in [-0.39, 0.29) is 12.5 Å². The van der Waals surface area contributed by atoms with Crippen LogP contribution in [-0.2, 0) is 7.05 Å². The topological polar surface area (TPSA) is 92.1 Å². The molecule has 0 aromatic carbocycles. The van der Waals surface area contributed by atoms with Gasteiger partial charge in [-0.05, 0) is 19.0 Å². The molecule has 0 spiro atoms. The van der Waals surface area contributed by atoms with E-state index in [1.807, 2.05) is 7.05 Å². The van der Waals surface area contributed by atoms with Crippen molar-refractivity contribution >= 4 is 17.1 Å². The number of nitrogens with zero attached hydrogens (tertiary/aromatic N) is 3. The van der Waals surface area contributed by atoms with Crippen molar-refractivity contribution in [1.82, 2.24) is 25.2 Å². The number of carbonyl (C=O) groups excluding carboxylic acids is 1. The average Bonchev–Trinajstić information content (AvgIpc) is 3.04. The SMILES string of the molecule is Cn1cnc2cc(C(=O)NCC3(O)CCNC3)cnc21. The van der Waals surface area contributed by atoms with E-state index in [1.165, 1.54) is 6.20 Å². The van der Waals surface area contributed by atoms with E-state index in [9.17, 15) is 9.90 Å². The fourth-order valence-electron chi connectivity index (χ4n) is 2.37. The summed E-state index contributed by atoms with van der Waals surface area (Å²) in [5.41, 5.74) is 1.02. The van der Waals surface area contributed by atoms with Crippen LogP contribution in [0.1, 0.15) is 16.8 Å². The highest BCUT2D eigenvalue weighted by Crippen LogP contribution is 2.14. The molecule has 3 heterocycles. The lowest BCUT2D eigenvalue weighted by Gasteiger charge is -2.21. The average molecular weight is 275 g/mol. The maximum Gasteiger partial charge on any atom is 0.253 e. The second-order valence-electron chi connectivity index (χ2n) is 5.26. The molecule has 0 aliphatic carbocycles. The summed E-state index contributed by atoms with van der Waals surface area (Å²) in [6, 6.07) is 1.70. The van der Waals surface area contributed by atoms with Crippen LogP contribution in [0.25, 0.3) is 11.2 Å². The van der Waals surface area contributed by atoms with E-state index in [1.54, 1.807) is 17.0 Å². The quantitative estimate of drug-likeness (QED) is 0.697. The zero-order valence-corrected chi connectivity index (χ0v) is 11.3. The third kappa shape index (κ3) is 2.37. The molecule has 7 heteroatoms. The number of carbonyl (C=O) groups is 1. The molecule has 1 aliphatic heterocycles. The van der Waals surface area contributed by atoms with Gasteiger partial charge >= 0.3 is 0 Å². The maximum absolute atomic E-state index is 12.1. The van der Waals surface area contributed by atoms with Crippen molar-refractivity contribution in [1.29, 1.82) is 0 Å². The molecule has 1 unspecified atom stereocenters. The molecule has 1 aliphatic rings. The summed E-state index contributed by atoms with van der Waals surface area (Å²) in [5, 5.41) is 16.0. The Morgan fingerprint density at radius 3 is 3.20 bits per heavy atom. The van der Waals surface area contributed by atoms with Crippen LogP contribution >= 0.6 is 0 Å². The molecule has 106 valence electrons. The smallest absolute Gasteiger partial charge is 0.253 e. The summed E-state index contributed by atoms with van der Waals surface area (Å²) in [5.74, 6) is -0.245. The minimum absolute atomic E-state index is 0.235. The lowest BCUT2D eigenvalue weighted by Crippen LogP contribution is -2.44. The molecule has 1 saturated heterocycles. The Hall–Kier alpha value is -1.99. The first kappa shape index (κ1) is 13.0. The van der Waals surface area contributed by atoms with E-state index in [4.69, 9.17) is 0 Å². The molecule has 2 aromatic rings. The van der Waals surface area contributed by atoms with Gasteiger partial charge in [0.05, 0.1) is 17.5 Å². The molecular formula is C13H17N5O2. The normalized spacial score (nSPS) is 22.3. The number of β-amino-alcohol motifs (C(OH)–C–C–N with tert-alkyl or cyclic N) is 1. The molecule has 3 rings (SSSR count). The van der Waals surface area contributed by atoms with E-state index in [0.717, 1.165) is 12.2 Å². The number of aryl methyl sites for hydroxylation is 1. The van der Waals surface area contributed by atoms with Crippen LogP contribution < -0.4 is 10.6 Å². The van der Waals surface area contributed by atoms with E-state index < -0.39 is 5.60 Å². The molecule has 0 saturated carbocycles. The van der Waals surface area contributed by atoms with Crippen LogP contribution in [0.5, 0.6) is 0 Å². The van der Waals surface area contributed by atoms with Gasteiger partial charge in [-0.25, -0.2) is 9.97 Å². The summed E-state index contributed by atoms with van der Waals surface area (Å²) in [4.78, 5) is 20.5. The van der Waals surface area contributed by atoms with E-state index in [2.05, 4.69) is 20.6 Å². The van der Waals surface area contributed by atoms with Crippen LogP contribution in [0.3, 0.4) is 0 Å².